The third-order valence-electron chi connectivity index (χ3n) is 6.16. The zero-order valence-electron chi connectivity index (χ0n) is 24.7. The smallest absolute Gasteiger partial charge is 0.306 e. The summed E-state index contributed by atoms with van der Waals surface area (Å²) in [5.41, 5.74) is 1.05. The van der Waals surface area contributed by atoms with Crippen LogP contribution >= 0.6 is 0 Å². The van der Waals surface area contributed by atoms with Crippen molar-refractivity contribution < 1.29 is 33.3 Å². The molecule has 1 aliphatic carbocycles. The number of ether oxygens (including phenoxy) is 1. The van der Waals surface area contributed by atoms with E-state index in [1.165, 1.54) is 12.8 Å². The predicted molar refractivity (Wildman–Crippen MR) is 151 cm³/mol. The van der Waals surface area contributed by atoms with Gasteiger partial charge in [0.2, 0.25) is 5.79 Å². The second-order valence-electron chi connectivity index (χ2n) is 9.27. The summed E-state index contributed by atoms with van der Waals surface area (Å²) in [6, 6.07) is 9.78. The molecular formula is C31H54F2O5. The molecule has 222 valence electrons. The molecule has 0 aliphatic heterocycles. The Morgan fingerprint density at radius 2 is 1.55 bits per heavy atom. The molecule has 1 atom stereocenters. The molecule has 1 aromatic rings. The average molecular weight is 545 g/mol. The Morgan fingerprint density at radius 1 is 0.947 bits per heavy atom. The van der Waals surface area contributed by atoms with Crippen LogP contribution < -0.4 is 0 Å². The van der Waals surface area contributed by atoms with E-state index in [4.69, 9.17) is 4.74 Å². The summed E-state index contributed by atoms with van der Waals surface area (Å²) in [6.45, 7) is 12.3. The number of rotatable bonds is 14. The van der Waals surface area contributed by atoms with Crippen LogP contribution in [0.25, 0.3) is 0 Å². The van der Waals surface area contributed by atoms with Crippen LogP contribution in [0.1, 0.15) is 131 Å². The Bertz CT molecular complexity index is 707. The molecule has 7 heteroatoms. The van der Waals surface area contributed by atoms with Crippen molar-refractivity contribution >= 4 is 11.8 Å². The van der Waals surface area contributed by atoms with Gasteiger partial charge in [-0.3, -0.25) is 9.59 Å². The number of carbonyl (C=O) groups is 2. The molecule has 0 heterocycles. The number of ketones is 1. The first-order valence-corrected chi connectivity index (χ1v) is 14.6. The fourth-order valence-corrected chi connectivity index (χ4v) is 3.83. The zero-order chi connectivity index (χ0) is 29.5. The third kappa shape index (κ3) is 17.6. The summed E-state index contributed by atoms with van der Waals surface area (Å²) in [5.74, 6) is -6.35. The van der Waals surface area contributed by atoms with E-state index in [-0.39, 0.29) is 36.9 Å². The summed E-state index contributed by atoms with van der Waals surface area (Å²) < 4.78 is 32.3. The summed E-state index contributed by atoms with van der Waals surface area (Å²) in [4.78, 5) is 22.4. The van der Waals surface area contributed by atoms with Crippen molar-refractivity contribution in [1.82, 2.24) is 0 Å². The molecular weight excluding hydrogens is 490 g/mol. The van der Waals surface area contributed by atoms with Gasteiger partial charge in [0.25, 0.3) is 5.92 Å². The number of hydrogen-bond acceptors (Lipinski definition) is 5. The molecule has 0 aromatic heterocycles. The van der Waals surface area contributed by atoms with Gasteiger partial charge in [0.1, 0.15) is 12.4 Å². The third-order valence-corrected chi connectivity index (χ3v) is 6.16. The van der Waals surface area contributed by atoms with Crippen LogP contribution in [0.15, 0.2) is 30.3 Å². The molecule has 1 aromatic carbocycles. The van der Waals surface area contributed by atoms with E-state index in [9.17, 15) is 28.6 Å². The molecule has 2 rings (SSSR count). The van der Waals surface area contributed by atoms with Crippen molar-refractivity contribution in [2.45, 2.75) is 143 Å². The molecule has 1 unspecified atom stereocenters. The molecule has 0 bridgehead atoms. The highest BCUT2D eigenvalue weighted by atomic mass is 19.3. The van der Waals surface area contributed by atoms with E-state index in [1.807, 2.05) is 58.0 Å². The zero-order valence-corrected chi connectivity index (χ0v) is 24.7. The molecule has 1 saturated carbocycles. The number of hydrogen-bond donors (Lipinski definition) is 2. The van der Waals surface area contributed by atoms with Gasteiger partial charge >= 0.3 is 5.97 Å². The molecule has 2 N–H and O–H groups in total. The lowest BCUT2D eigenvalue weighted by Crippen LogP contribution is -2.48. The molecule has 1 aliphatic rings. The van der Waals surface area contributed by atoms with Crippen LogP contribution in [0.5, 0.6) is 0 Å². The number of benzene rings is 1. The minimum atomic E-state index is -3.48. The molecule has 0 saturated heterocycles. The highest BCUT2D eigenvalue weighted by Crippen LogP contribution is 2.37. The van der Waals surface area contributed by atoms with Crippen molar-refractivity contribution in [2.75, 3.05) is 0 Å². The highest BCUT2D eigenvalue weighted by molar-refractivity contribution is 5.80. The summed E-state index contributed by atoms with van der Waals surface area (Å²) in [6.07, 6.45) is 6.78. The number of alkyl halides is 2. The van der Waals surface area contributed by atoms with E-state index in [2.05, 4.69) is 6.92 Å². The largest absolute Gasteiger partial charge is 0.461 e. The van der Waals surface area contributed by atoms with Gasteiger partial charge < -0.3 is 14.9 Å². The van der Waals surface area contributed by atoms with Crippen LogP contribution in [0.3, 0.4) is 0 Å². The fraction of sp³-hybridized carbons (Fsp3) is 0.742. The van der Waals surface area contributed by atoms with Gasteiger partial charge in [-0.05, 0) is 37.2 Å². The molecule has 38 heavy (non-hydrogen) atoms. The minimum absolute atomic E-state index is 0.0261. The summed E-state index contributed by atoms with van der Waals surface area (Å²) in [7, 11) is 0. The lowest BCUT2D eigenvalue weighted by Gasteiger charge is -2.31. The quantitative estimate of drug-likeness (QED) is 0.140. The first-order chi connectivity index (χ1) is 18.1. The van der Waals surface area contributed by atoms with Gasteiger partial charge in [0, 0.05) is 32.1 Å². The maximum Gasteiger partial charge on any atom is 0.306 e. The molecule has 0 radical (unpaired) electrons. The molecule has 5 nitrogen and oxygen atoms in total. The van der Waals surface area contributed by atoms with Gasteiger partial charge in [-0.15, -0.1) is 0 Å². The summed E-state index contributed by atoms with van der Waals surface area (Å²) >= 11 is 0. The normalized spacial score (nSPS) is 14.8. The Kier molecular flexibility index (Phi) is 23.2. The summed E-state index contributed by atoms with van der Waals surface area (Å²) in [5, 5.41) is 19.0. The number of aliphatic hydroxyl groups is 2. The second-order valence-corrected chi connectivity index (χ2v) is 9.27. The number of halogens is 2. The molecule has 1 fully saturated rings. The highest BCUT2D eigenvalue weighted by Gasteiger charge is 2.50. The Balaban J connectivity index is 0. The van der Waals surface area contributed by atoms with Gasteiger partial charge in [-0.1, -0.05) is 97.6 Å². The van der Waals surface area contributed by atoms with E-state index >= 15 is 0 Å². The van der Waals surface area contributed by atoms with Crippen molar-refractivity contribution in [3.05, 3.63) is 35.9 Å². The first kappa shape index (κ1) is 38.3. The number of carbonyl (C=O) groups excluding carboxylic acids is 2. The van der Waals surface area contributed by atoms with Crippen molar-refractivity contribution in [3.63, 3.8) is 0 Å². The van der Waals surface area contributed by atoms with Gasteiger partial charge in [-0.25, -0.2) is 8.78 Å². The molecule has 0 spiro atoms. The fourth-order valence-electron chi connectivity index (χ4n) is 3.83. The van der Waals surface area contributed by atoms with Crippen molar-refractivity contribution in [3.8, 4) is 0 Å². The van der Waals surface area contributed by atoms with Crippen LogP contribution in [-0.2, 0) is 20.9 Å². The number of esters is 1. The van der Waals surface area contributed by atoms with Crippen LogP contribution in [0.2, 0.25) is 0 Å². The lowest BCUT2D eigenvalue weighted by atomic mass is 9.92. The second kappa shape index (κ2) is 23.1. The van der Waals surface area contributed by atoms with Gasteiger partial charge in [-0.2, -0.15) is 0 Å². The van der Waals surface area contributed by atoms with Gasteiger partial charge in [0.05, 0.1) is 0 Å². The maximum absolute atomic E-state index is 13.6. The standard InChI is InChI=1S/C14H20O2.C13H22F2O3.2C2H6/c1-2-3-4-8-11-14(15)16-12-13-9-6-5-7-10-13;1-2-3-7-12(14,15)13(17,18)8-6-10-4-5-11(16)9-10;2*1-2/h5-7,9-10H,2-4,8,11-12H2,1H3;10,17-18H,2-9H2,1H3;2*1-2H3. The Hall–Kier alpha value is -1.86. The van der Waals surface area contributed by atoms with E-state index in [0.717, 1.165) is 18.4 Å². The van der Waals surface area contributed by atoms with Gasteiger partial charge in [0.15, 0.2) is 0 Å². The number of unbranched alkanes of at least 4 members (excludes halogenated alkanes) is 4. The monoisotopic (exact) mass is 544 g/mol. The van der Waals surface area contributed by atoms with Crippen LogP contribution in [0.4, 0.5) is 8.78 Å². The van der Waals surface area contributed by atoms with Crippen LogP contribution in [-0.4, -0.2) is 33.7 Å². The molecule has 0 amide bonds. The number of Topliss-reactive ketones (excluding diaryl/α,β-unsaturated/α-hetero) is 1. The maximum atomic E-state index is 13.6. The predicted octanol–water partition coefficient (Wildman–Crippen LogP) is 8.39. The first-order valence-electron chi connectivity index (χ1n) is 14.6. The SMILES string of the molecule is CC.CC.CCCCC(F)(F)C(O)(O)CCC1CCC(=O)C1.CCCCCCC(=O)OCc1ccccc1. The van der Waals surface area contributed by atoms with Crippen molar-refractivity contribution in [1.29, 1.82) is 0 Å². The average Bonchev–Trinajstić information content (AvgIpc) is 3.36. The van der Waals surface area contributed by atoms with E-state index < -0.39 is 18.1 Å². The van der Waals surface area contributed by atoms with E-state index in [1.54, 1.807) is 6.92 Å². The lowest BCUT2D eigenvalue weighted by molar-refractivity contribution is -0.301. The van der Waals surface area contributed by atoms with E-state index in [0.29, 0.717) is 38.7 Å². The topological polar surface area (TPSA) is 83.8 Å². The minimum Gasteiger partial charge on any atom is -0.461 e. The van der Waals surface area contributed by atoms with Crippen LogP contribution in [0, 0.1) is 5.92 Å². The van der Waals surface area contributed by atoms with Crippen molar-refractivity contribution in [2.24, 2.45) is 5.92 Å². The Labute approximate surface area is 230 Å². The Morgan fingerprint density at radius 3 is 2.08 bits per heavy atom.